The van der Waals surface area contributed by atoms with Crippen molar-refractivity contribution in [3.63, 3.8) is 0 Å². The van der Waals surface area contributed by atoms with Crippen molar-refractivity contribution >= 4 is 41.3 Å². The number of benzene rings is 1. The van der Waals surface area contributed by atoms with Gasteiger partial charge in [-0.25, -0.2) is 4.79 Å². The first kappa shape index (κ1) is 25.9. The summed E-state index contributed by atoms with van der Waals surface area (Å²) in [4.78, 5) is 38.3. The number of aliphatic carboxylic acids is 1. The third-order valence-electron chi connectivity index (χ3n) is 5.51. The van der Waals surface area contributed by atoms with Gasteiger partial charge in [0.15, 0.2) is 12.3 Å². The van der Waals surface area contributed by atoms with Gasteiger partial charge in [0, 0.05) is 23.6 Å². The fraction of sp³-hybridized carbons (Fsp3) is 0.273. The average Bonchev–Trinajstić information content (AvgIpc) is 2.85. The van der Waals surface area contributed by atoms with Gasteiger partial charge in [-0.3, -0.25) is 14.5 Å². The quantitative estimate of drug-likeness (QED) is 0.210. The second kappa shape index (κ2) is 10.0. The standard InChI is InChI=1S/C22H18F3N3O6S2/c23-22(24,25)13-5-3-4-11(8-13)17(29)18(30)26-15-19(31)28-16(21(32)33)12(10-36-20(15)28)9-35-14-6-1-2-7-27(14)34/h1-8,15,17,20,29H,9-10H2,(H,26,30)(H,32,33)/t15?,17?,20-/m1/s1. The molecule has 2 unspecified atom stereocenters. The summed E-state index contributed by atoms with van der Waals surface area (Å²) < 4.78 is 39.5. The number of hydrogen-bond donors (Lipinski definition) is 3. The second-order valence-corrected chi connectivity index (χ2v) is 9.93. The van der Waals surface area contributed by atoms with Crippen LogP contribution in [0, 0.1) is 5.21 Å². The van der Waals surface area contributed by atoms with Crippen molar-refractivity contribution in [2.75, 3.05) is 11.5 Å². The molecular formula is C22H18F3N3O6S2. The average molecular weight is 542 g/mol. The number of fused-ring (bicyclic) bond motifs is 1. The van der Waals surface area contributed by atoms with Gasteiger partial charge in [-0.05, 0) is 29.3 Å². The molecule has 36 heavy (non-hydrogen) atoms. The number of nitrogens with one attached hydrogen (secondary N) is 1. The van der Waals surface area contributed by atoms with E-state index in [4.69, 9.17) is 0 Å². The van der Waals surface area contributed by atoms with Crippen LogP contribution in [0.25, 0.3) is 0 Å². The number of aliphatic hydroxyl groups excluding tert-OH is 1. The molecule has 14 heteroatoms. The number of rotatable bonds is 7. The number of thioether (sulfide) groups is 2. The highest BCUT2D eigenvalue weighted by atomic mass is 32.2. The van der Waals surface area contributed by atoms with E-state index >= 15 is 0 Å². The first-order valence-corrected chi connectivity index (χ1v) is 12.4. The Hall–Kier alpha value is -3.23. The maximum absolute atomic E-state index is 12.9. The van der Waals surface area contributed by atoms with Crippen LogP contribution in [0.5, 0.6) is 0 Å². The molecule has 2 aliphatic heterocycles. The molecule has 1 saturated heterocycles. The Labute approximate surface area is 210 Å². The summed E-state index contributed by atoms with van der Waals surface area (Å²) >= 11 is 2.30. The van der Waals surface area contributed by atoms with Crippen LogP contribution in [0.15, 0.2) is 65.0 Å². The molecule has 0 spiro atoms. The van der Waals surface area contributed by atoms with Gasteiger partial charge < -0.3 is 20.7 Å². The molecule has 2 amide bonds. The third-order valence-corrected chi connectivity index (χ3v) is 7.95. The Morgan fingerprint density at radius 3 is 2.69 bits per heavy atom. The highest BCUT2D eigenvalue weighted by Gasteiger charge is 2.54. The van der Waals surface area contributed by atoms with Crippen molar-refractivity contribution in [3.8, 4) is 0 Å². The van der Waals surface area contributed by atoms with E-state index in [1.807, 2.05) is 0 Å². The predicted molar refractivity (Wildman–Crippen MR) is 122 cm³/mol. The van der Waals surface area contributed by atoms with E-state index < -0.39 is 47.0 Å². The molecular weight excluding hydrogens is 523 g/mol. The van der Waals surface area contributed by atoms with E-state index in [-0.39, 0.29) is 22.8 Å². The molecule has 0 bridgehead atoms. The van der Waals surface area contributed by atoms with E-state index in [1.165, 1.54) is 18.0 Å². The van der Waals surface area contributed by atoms with E-state index in [0.717, 1.165) is 34.9 Å². The van der Waals surface area contributed by atoms with Crippen LogP contribution < -0.4 is 10.0 Å². The summed E-state index contributed by atoms with van der Waals surface area (Å²) in [5.41, 5.74) is -1.17. The van der Waals surface area contributed by atoms with E-state index in [2.05, 4.69) is 5.32 Å². The lowest BCUT2D eigenvalue weighted by Crippen LogP contribution is -2.70. The number of amides is 2. The summed E-state index contributed by atoms with van der Waals surface area (Å²) in [6, 6.07) is 7.27. The van der Waals surface area contributed by atoms with Crippen molar-refractivity contribution in [2.45, 2.75) is 28.7 Å². The number of nitrogens with zero attached hydrogens (tertiary/aromatic N) is 2. The minimum Gasteiger partial charge on any atom is -0.618 e. The monoisotopic (exact) mass is 541 g/mol. The Bertz CT molecular complexity index is 1260. The number of aromatic nitrogens is 1. The highest BCUT2D eigenvalue weighted by Crippen LogP contribution is 2.41. The van der Waals surface area contributed by atoms with Crippen LogP contribution in [0.2, 0.25) is 0 Å². The van der Waals surface area contributed by atoms with Crippen molar-refractivity contribution in [3.05, 3.63) is 76.3 Å². The van der Waals surface area contributed by atoms with Crippen LogP contribution in [0.4, 0.5) is 13.2 Å². The number of carboxylic acids is 1. The van der Waals surface area contributed by atoms with Crippen LogP contribution >= 0.6 is 23.5 Å². The summed E-state index contributed by atoms with van der Waals surface area (Å²) in [7, 11) is 0. The zero-order valence-electron chi connectivity index (χ0n) is 18.1. The maximum atomic E-state index is 12.9. The Morgan fingerprint density at radius 1 is 1.28 bits per heavy atom. The number of β-lactam (4-membered cyclic amide) rings is 1. The second-order valence-electron chi connectivity index (χ2n) is 7.83. The molecule has 1 aromatic heterocycles. The van der Waals surface area contributed by atoms with Gasteiger partial charge in [0.25, 0.3) is 16.8 Å². The molecule has 1 fully saturated rings. The van der Waals surface area contributed by atoms with Crippen molar-refractivity contribution in [1.29, 1.82) is 0 Å². The van der Waals surface area contributed by atoms with Crippen LogP contribution in [0.1, 0.15) is 17.2 Å². The Morgan fingerprint density at radius 2 is 2.03 bits per heavy atom. The summed E-state index contributed by atoms with van der Waals surface area (Å²) in [5.74, 6) is -2.81. The molecule has 0 saturated carbocycles. The number of alkyl halides is 3. The van der Waals surface area contributed by atoms with Gasteiger partial charge in [0.1, 0.15) is 17.1 Å². The highest BCUT2D eigenvalue weighted by molar-refractivity contribution is 8.01. The van der Waals surface area contributed by atoms with Gasteiger partial charge in [-0.1, -0.05) is 23.9 Å². The van der Waals surface area contributed by atoms with Gasteiger partial charge in [-0.15, -0.1) is 11.8 Å². The fourth-order valence-corrected chi connectivity index (χ4v) is 6.15. The molecule has 0 radical (unpaired) electrons. The molecule has 2 aliphatic rings. The van der Waals surface area contributed by atoms with Gasteiger partial charge in [0.05, 0.1) is 5.56 Å². The van der Waals surface area contributed by atoms with Gasteiger partial charge >= 0.3 is 12.1 Å². The molecule has 3 heterocycles. The first-order chi connectivity index (χ1) is 17.0. The van der Waals surface area contributed by atoms with E-state index in [1.54, 1.807) is 18.2 Å². The van der Waals surface area contributed by atoms with Gasteiger partial charge in [0.2, 0.25) is 0 Å². The number of aliphatic hydroxyl groups is 1. The molecule has 3 atom stereocenters. The number of hydrogen-bond acceptors (Lipinski definition) is 7. The minimum atomic E-state index is -4.67. The Kier molecular flexibility index (Phi) is 7.20. The number of carboxylic acid groups (broad SMARTS) is 1. The van der Waals surface area contributed by atoms with E-state index in [9.17, 15) is 43.0 Å². The first-order valence-electron chi connectivity index (χ1n) is 10.4. The van der Waals surface area contributed by atoms with Crippen molar-refractivity contribution in [2.24, 2.45) is 0 Å². The van der Waals surface area contributed by atoms with Crippen molar-refractivity contribution < 1.29 is 42.5 Å². The van der Waals surface area contributed by atoms with Gasteiger partial charge in [-0.2, -0.15) is 17.9 Å². The molecule has 0 aliphatic carbocycles. The largest absolute Gasteiger partial charge is 0.618 e. The smallest absolute Gasteiger partial charge is 0.416 e. The molecule has 190 valence electrons. The third kappa shape index (κ3) is 5.01. The zero-order valence-corrected chi connectivity index (χ0v) is 19.8. The molecule has 4 rings (SSSR count). The topological polar surface area (TPSA) is 134 Å². The van der Waals surface area contributed by atoms with Crippen LogP contribution in [-0.2, 0) is 20.6 Å². The lowest BCUT2D eigenvalue weighted by molar-refractivity contribution is -0.645. The fourth-order valence-electron chi connectivity index (χ4n) is 3.75. The normalized spacial score (nSPS) is 20.4. The molecule has 9 nitrogen and oxygen atoms in total. The summed E-state index contributed by atoms with van der Waals surface area (Å²) in [5, 5.41) is 33.7. The SMILES string of the molecule is O=C(O)C1=C(CSc2cccc[n+]2[O-])CS[C@@H]2C(NC(=O)C(O)c3cccc(C(F)(F)F)c3)C(=O)N12. The minimum absolute atomic E-state index is 0.142. The van der Waals surface area contributed by atoms with Crippen LogP contribution in [0.3, 0.4) is 0 Å². The number of carbonyl (C=O) groups excluding carboxylic acids is 2. The van der Waals surface area contributed by atoms with Crippen molar-refractivity contribution in [1.82, 2.24) is 10.2 Å². The maximum Gasteiger partial charge on any atom is 0.416 e. The number of carbonyl (C=O) groups is 3. The predicted octanol–water partition coefficient (Wildman–Crippen LogP) is 1.90. The lowest BCUT2D eigenvalue weighted by atomic mass is 10.0. The number of pyridine rings is 1. The van der Waals surface area contributed by atoms with Crippen LogP contribution in [-0.4, -0.2) is 55.8 Å². The Balaban J connectivity index is 1.46. The zero-order chi connectivity index (χ0) is 26.2. The molecule has 1 aromatic carbocycles. The lowest BCUT2D eigenvalue weighted by Gasteiger charge is -2.49. The molecule has 2 aromatic rings. The summed E-state index contributed by atoms with van der Waals surface area (Å²) in [6.45, 7) is 0. The van der Waals surface area contributed by atoms with E-state index in [0.29, 0.717) is 21.4 Å². The molecule has 3 N–H and O–H groups in total. The summed E-state index contributed by atoms with van der Waals surface area (Å²) in [6.07, 6.45) is -5.33. The number of halogens is 3.